The summed E-state index contributed by atoms with van der Waals surface area (Å²) in [6.07, 6.45) is 6.21. The highest BCUT2D eigenvalue weighted by Crippen LogP contribution is 2.37. The predicted octanol–water partition coefficient (Wildman–Crippen LogP) is 2.56. The van der Waals surface area contributed by atoms with Gasteiger partial charge in [0.25, 0.3) is 0 Å². The minimum absolute atomic E-state index is 0.0224. The Hall–Kier alpha value is 0.160. The van der Waals surface area contributed by atoms with Crippen LogP contribution < -0.4 is 0 Å². The van der Waals surface area contributed by atoms with E-state index in [0.717, 1.165) is 25.7 Å². The van der Waals surface area contributed by atoms with E-state index in [-0.39, 0.29) is 11.2 Å². The molecular formula is C12H23ClO4S. The van der Waals surface area contributed by atoms with Gasteiger partial charge >= 0.3 is 0 Å². The molecule has 0 aromatic rings. The van der Waals surface area contributed by atoms with Crippen LogP contribution in [0.2, 0.25) is 0 Å². The lowest BCUT2D eigenvalue weighted by Gasteiger charge is -2.31. The second kappa shape index (κ2) is 7.68. The Balaban J connectivity index is 2.60. The molecule has 0 bridgehead atoms. The lowest BCUT2D eigenvalue weighted by atomic mass is 9.83. The van der Waals surface area contributed by atoms with Crippen molar-refractivity contribution in [2.24, 2.45) is 5.41 Å². The first-order chi connectivity index (χ1) is 8.47. The molecule has 0 atom stereocenters. The second-order valence-electron chi connectivity index (χ2n) is 5.14. The minimum Gasteiger partial charge on any atom is -0.382 e. The standard InChI is InChI=1S/C12H23ClO4S/c1-16-8-9-17-10-12(11-18(13,14)15)6-4-2-3-5-7-12/h2-11H2,1H3. The Bertz CT molecular complexity index is 321. The molecule has 0 heterocycles. The Labute approximate surface area is 114 Å². The maximum atomic E-state index is 11.4. The number of hydrogen-bond donors (Lipinski definition) is 0. The van der Waals surface area contributed by atoms with Crippen LogP contribution in [-0.2, 0) is 18.5 Å². The molecule has 0 amide bonds. The summed E-state index contributed by atoms with van der Waals surface area (Å²) in [4.78, 5) is 0. The van der Waals surface area contributed by atoms with Gasteiger partial charge in [0.2, 0.25) is 9.05 Å². The minimum atomic E-state index is -3.48. The fourth-order valence-corrected chi connectivity index (χ4v) is 4.40. The van der Waals surface area contributed by atoms with E-state index in [0.29, 0.717) is 19.8 Å². The molecule has 108 valence electrons. The number of methoxy groups -OCH3 is 1. The molecule has 0 N–H and O–H groups in total. The van der Waals surface area contributed by atoms with Gasteiger partial charge in [-0.2, -0.15) is 0 Å². The molecule has 1 aliphatic carbocycles. The molecule has 0 spiro atoms. The second-order valence-corrected chi connectivity index (χ2v) is 7.92. The Morgan fingerprint density at radius 2 is 1.72 bits per heavy atom. The molecule has 4 nitrogen and oxygen atoms in total. The van der Waals surface area contributed by atoms with Crippen molar-refractivity contribution in [3.05, 3.63) is 0 Å². The van der Waals surface area contributed by atoms with Gasteiger partial charge in [-0.25, -0.2) is 8.42 Å². The molecule has 6 heteroatoms. The monoisotopic (exact) mass is 298 g/mol. The zero-order chi connectivity index (χ0) is 13.5. The van der Waals surface area contributed by atoms with Crippen LogP contribution in [-0.4, -0.2) is 41.1 Å². The summed E-state index contributed by atoms with van der Waals surface area (Å²) in [6, 6.07) is 0. The highest BCUT2D eigenvalue weighted by atomic mass is 35.7. The summed E-state index contributed by atoms with van der Waals surface area (Å²) in [7, 11) is 3.58. The van der Waals surface area contributed by atoms with Gasteiger partial charge in [-0.1, -0.05) is 25.7 Å². The van der Waals surface area contributed by atoms with E-state index >= 15 is 0 Å². The quantitative estimate of drug-likeness (QED) is 0.412. The van der Waals surface area contributed by atoms with Crippen LogP contribution in [0.1, 0.15) is 38.5 Å². The average molecular weight is 299 g/mol. The Morgan fingerprint density at radius 3 is 2.22 bits per heavy atom. The predicted molar refractivity (Wildman–Crippen MR) is 72.5 cm³/mol. The largest absolute Gasteiger partial charge is 0.382 e. The van der Waals surface area contributed by atoms with Crippen molar-refractivity contribution in [3.63, 3.8) is 0 Å². The van der Waals surface area contributed by atoms with Gasteiger partial charge in [0, 0.05) is 23.2 Å². The highest BCUT2D eigenvalue weighted by Gasteiger charge is 2.35. The molecule has 0 aliphatic heterocycles. The van der Waals surface area contributed by atoms with Gasteiger partial charge in [0.1, 0.15) is 0 Å². The van der Waals surface area contributed by atoms with E-state index in [2.05, 4.69) is 0 Å². The number of hydrogen-bond acceptors (Lipinski definition) is 4. The molecule has 1 aliphatic rings. The molecule has 0 aromatic carbocycles. The first kappa shape index (κ1) is 16.2. The molecule has 0 radical (unpaired) electrons. The molecule has 0 saturated heterocycles. The lowest BCUT2D eigenvalue weighted by Crippen LogP contribution is -2.33. The average Bonchev–Trinajstić information content (AvgIpc) is 2.48. The number of rotatable bonds is 7. The van der Waals surface area contributed by atoms with E-state index in [9.17, 15) is 8.42 Å². The molecule has 1 fully saturated rings. The molecule has 0 unspecified atom stereocenters. The lowest BCUT2D eigenvalue weighted by molar-refractivity contribution is 0.0172. The Kier molecular flexibility index (Phi) is 6.92. The van der Waals surface area contributed by atoms with Crippen LogP contribution in [0.4, 0.5) is 0 Å². The van der Waals surface area contributed by atoms with Crippen molar-refractivity contribution in [2.75, 3.05) is 32.7 Å². The Morgan fingerprint density at radius 1 is 1.11 bits per heavy atom. The molecule has 18 heavy (non-hydrogen) atoms. The SMILES string of the molecule is COCCOCC1(CS(=O)(=O)Cl)CCCCCC1. The van der Waals surface area contributed by atoms with Gasteiger partial charge in [-0.3, -0.25) is 0 Å². The summed E-state index contributed by atoms with van der Waals surface area (Å²) < 4.78 is 33.3. The maximum absolute atomic E-state index is 11.4. The van der Waals surface area contributed by atoms with Gasteiger partial charge in [0.15, 0.2) is 0 Å². The normalized spacial score (nSPS) is 20.6. The molecular weight excluding hydrogens is 276 g/mol. The van der Waals surface area contributed by atoms with Crippen molar-refractivity contribution in [1.29, 1.82) is 0 Å². The zero-order valence-corrected chi connectivity index (χ0v) is 12.6. The van der Waals surface area contributed by atoms with E-state index in [4.69, 9.17) is 20.2 Å². The van der Waals surface area contributed by atoms with Crippen LogP contribution in [0, 0.1) is 5.41 Å². The summed E-state index contributed by atoms with van der Waals surface area (Å²) >= 11 is 0. The molecule has 1 rings (SSSR count). The van der Waals surface area contributed by atoms with Crippen LogP contribution in [0.15, 0.2) is 0 Å². The van der Waals surface area contributed by atoms with Crippen molar-refractivity contribution >= 4 is 19.7 Å². The van der Waals surface area contributed by atoms with Crippen molar-refractivity contribution < 1.29 is 17.9 Å². The molecule has 0 aromatic heterocycles. The summed E-state index contributed by atoms with van der Waals surface area (Å²) in [5.41, 5.74) is -0.301. The zero-order valence-electron chi connectivity index (χ0n) is 11.0. The van der Waals surface area contributed by atoms with Gasteiger partial charge in [-0.15, -0.1) is 0 Å². The summed E-state index contributed by atoms with van der Waals surface area (Å²) in [5.74, 6) is 0.0224. The van der Waals surface area contributed by atoms with Crippen molar-refractivity contribution in [3.8, 4) is 0 Å². The first-order valence-electron chi connectivity index (χ1n) is 6.46. The van der Waals surface area contributed by atoms with Gasteiger partial charge in [0.05, 0.1) is 25.6 Å². The van der Waals surface area contributed by atoms with Crippen LogP contribution in [0.5, 0.6) is 0 Å². The summed E-state index contributed by atoms with van der Waals surface area (Å²) in [5, 5.41) is 0. The third kappa shape index (κ3) is 6.36. The molecule has 1 saturated carbocycles. The smallest absolute Gasteiger partial charge is 0.233 e. The van der Waals surface area contributed by atoms with E-state index in [1.165, 1.54) is 12.8 Å². The first-order valence-corrected chi connectivity index (χ1v) is 8.94. The third-order valence-electron chi connectivity index (χ3n) is 3.48. The van der Waals surface area contributed by atoms with Gasteiger partial charge in [-0.05, 0) is 12.8 Å². The van der Waals surface area contributed by atoms with Crippen LogP contribution in [0.3, 0.4) is 0 Å². The van der Waals surface area contributed by atoms with Crippen LogP contribution in [0.25, 0.3) is 0 Å². The van der Waals surface area contributed by atoms with Gasteiger partial charge < -0.3 is 9.47 Å². The summed E-state index contributed by atoms with van der Waals surface area (Å²) in [6.45, 7) is 1.49. The third-order valence-corrected chi connectivity index (χ3v) is 4.77. The van der Waals surface area contributed by atoms with Crippen LogP contribution >= 0.6 is 10.7 Å². The number of halogens is 1. The van der Waals surface area contributed by atoms with E-state index in [1.54, 1.807) is 7.11 Å². The van der Waals surface area contributed by atoms with E-state index < -0.39 is 9.05 Å². The highest BCUT2D eigenvalue weighted by molar-refractivity contribution is 8.13. The number of ether oxygens (including phenoxy) is 2. The maximum Gasteiger partial charge on any atom is 0.233 e. The topological polar surface area (TPSA) is 52.6 Å². The van der Waals surface area contributed by atoms with Crippen molar-refractivity contribution in [2.45, 2.75) is 38.5 Å². The van der Waals surface area contributed by atoms with Crippen molar-refractivity contribution in [1.82, 2.24) is 0 Å². The fourth-order valence-electron chi connectivity index (χ4n) is 2.61. The fraction of sp³-hybridized carbons (Fsp3) is 1.00. The van der Waals surface area contributed by atoms with E-state index in [1.807, 2.05) is 0 Å².